The second-order valence-corrected chi connectivity index (χ2v) is 4.00. The molecule has 0 saturated heterocycles. The molecule has 1 aromatic carbocycles. The molecule has 0 aliphatic carbocycles. The molecule has 0 aromatic heterocycles. The summed E-state index contributed by atoms with van der Waals surface area (Å²) in [5.41, 5.74) is -1.35. The minimum Gasteiger partial charge on any atom is -0.294 e. The average molecular weight is 266 g/mol. The van der Waals surface area contributed by atoms with Crippen molar-refractivity contribution in [2.75, 3.05) is 0 Å². The molecular formula is C12H11F5O. The third-order valence-corrected chi connectivity index (χ3v) is 2.63. The van der Waals surface area contributed by atoms with Crippen LogP contribution in [0.15, 0.2) is 0 Å². The van der Waals surface area contributed by atoms with Gasteiger partial charge >= 0.3 is 0 Å². The Morgan fingerprint density at radius 1 is 0.944 bits per heavy atom. The molecule has 1 atom stereocenters. The van der Waals surface area contributed by atoms with E-state index in [0.717, 1.165) is 0 Å². The van der Waals surface area contributed by atoms with Crippen molar-refractivity contribution in [2.24, 2.45) is 5.92 Å². The highest BCUT2D eigenvalue weighted by Gasteiger charge is 2.31. The van der Waals surface area contributed by atoms with Crippen LogP contribution in [0.25, 0.3) is 0 Å². The highest BCUT2D eigenvalue weighted by Crippen LogP contribution is 2.26. The summed E-state index contributed by atoms with van der Waals surface area (Å²) in [5, 5.41) is 0. The number of benzene rings is 1. The van der Waals surface area contributed by atoms with E-state index in [1.54, 1.807) is 6.92 Å². The van der Waals surface area contributed by atoms with Crippen molar-refractivity contribution in [1.82, 2.24) is 0 Å². The number of hydrogen-bond acceptors (Lipinski definition) is 1. The van der Waals surface area contributed by atoms with Gasteiger partial charge in [0.25, 0.3) is 0 Å². The number of halogens is 5. The van der Waals surface area contributed by atoms with Crippen molar-refractivity contribution in [1.29, 1.82) is 0 Å². The first-order valence-electron chi connectivity index (χ1n) is 5.38. The van der Waals surface area contributed by atoms with E-state index in [1.165, 1.54) is 6.92 Å². The van der Waals surface area contributed by atoms with E-state index >= 15 is 0 Å². The number of carbonyl (C=O) groups is 1. The van der Waals surface area contributed by atoms with Crippen molar-refractivity contribution in [3.63, 3.8) is 0 Å². The first-order chi connectivity index (χ1) is 8.32. The molecule has 100 valence electrons. The summed E-state index contributed by atoms with van der Waals surface area (Å²) < 4.78 is 65.2. The van der Waals surface area contributed by atoms with E-state index in [0.29, 0.717) is 12.8 Å². The predicted octanol–water partition coefficient (Wildman–Crippen LogP) is 4.00. The molecule has 0 radical (unpaired) electrons. The minimum atomic E-state index is -2.26. The van der Waals surface area contributed by atoms with Crippen LogP contribution in [0.4, 0.5) is 22.0 Å². The lowest BCUT2D eigenvalue weighted by Gasteiger charge is -2.11. The van der Waals surface area contributed by atoms with Crippen molar-refractivity contribution in [3.05, 3.63) is 34.6 Å². The van der Waals surface area contributed by atoms with E-state index in [4.69, 9.17) is 0 Å². The Morgan fingerprint density at radius 3 is 1.72 bits per heavy atom. The van der Waals surface area contributed by atoms with Gasteiger partial charge < -0.3 is 0 Å². The van der Waals surface area contributed by atoms with Gasteiger partial charge in [0.2, 0.25) is 5.82 Å². The van der Waals surface area contributed by atoms with Crippen molar-refractivity contribution >= 4 is 5.78 Å². The van der Waals surface area contributed by atoms with Crippen LogP contribution in [-0.4, -0.2) is 5.78 Å². The van der Waals surface area contributed by atoms with Gasteiger partial charge in [-0.05, 0) is 6.42 Å². The molecule has 0 aliphatic rings. The largest absolute Gasteiger partial charge is 0.294 e. The Kier molecular flexibility index (Phi) is 4.43. The summed E-state index contributed by atoms with van der Waals surface area (Å²) in [6, 6.07) is 0. The van der Waals surface area contributed by atoms with Gasteiger partial charge in [-0.25, -0.2) is 22.0 Å². The second kappa shape index (κ2) is 5.46. The molecule has 0 saturated carbocycles. The van der Waals surface area contributed by atoms with Crippen LogP contribution in [-0.2, 0) is 0 Å². The monoisotopic (exact) mass is 266 g/mol. The summed E-state index contributed by atoms with van der Waals surface area (Å²) in [6.07, 6.45) is 0.862. The van der Waals surface area contributed by atoms with Gasteiger partial charge in [-0.3, -0.25) is 4.79 Å². The third-order valence-electron chi connectivity index (χ3n) is 2.63. The van der Waals surface area contributed by atoms with Crippen LogP contribution in [0.2, 0.25) is 0 Å². The normalized spacial score (nSPS) is 12.6. The zero-order valence-corrected chi connectivity index (χ0v) is 9.79. The number of hydrogen-bond donors (Lipinski definition) is 0. The van der Waals surface area contributed by atoms with Crippen LogP contribution in [0.3, 0.4) is 0 Å². The van der Waals surface area contributed by atoms with Crippen molar-refractivity contribution in [3.8, 4) is 0 Å². The van der Waals surface area contributed by atoms with Crippen LogP contribution in [0, 0.1) is 35.0 Å². The van der Waals surface area contributed by atoms with Gasteiger partial charge in [0.15, 0.2) is 29.1 Å². The SMILES string of the molecule is CCCC(C)C(=O)c1c(F)c(F)c(F)c(F)c1F. The molecule has 0 aliphatic heterocycles. The molecule has 18 heavy (non-hydrogen) atoms. The molecule has 0 amide bonds. The topological polar surface area (TPSA) is 17.1 Å². The number of ketones is 1. The molecule has 1 rings (SSSR count). The number of Topliss-reactive ketones (excluding diaryl/α,β-unsaturated/α-hetero) is 1. The zero-order valence-electron chi connectivity index (χ0n) is 9.79. The maximum Gasteiger partial charge on any atom is 0.200 e. The van der Waals surface area contributed by atoms with Crippen LogP contribution < -0.4 is 0 Å². The molecular weight excluding hydrogens is 255 g/mol. The first-order valence-corrected chi connectivity index (χ1v) is 5.38. The zero-order chi connectivity index (χ0) is 14.0. The summed E-state index contributed by atoms with van der Waals surface area (Å²) in [7, 11) is 0. The van der Waals surface area contributed by atoms with Gasteiger partial charge in [0.1, 0.15) is 0 Å². The Balaban J connectivity index is 3.37. The molecule has 1 nitrogen and oxygen atoms in total. The maximum atomic E-state index is 13.3. The molecule has 0 fully saturated rings. The molecule has 0 bridgehead atoms. The van der Waals surface area contributed by atoms with E-state index in [1.807, 2.05) is 0 Å². The van der Waals surface area contributed by atoms with E-state index < -0.39 is 46.4 Å². The molecule has 1 unspecified atom stereocenters. The fourth-order valence-corrected chi connectivity index (χ4v) is 1.63. The van der Waals surface area contributed by atoms with E-state index in [-0.39, 0.29) is 0 Å². The molecule has 6 heteroatoms. The van der Waals surface area contributed by atoms with Gasteiger partial charge in [0.05, 0.1) is 5.56 Å². The van der Waals surface area contributed by atoms with Crippen molar-refractivity contribution < 1.29 is 26.7 Å². The lowest BCUT2D eigenvalue weighted by atomic mass is 9.94. The minimum absolute atomic E-state index is 0.304. The van der Waals surface area contributed by atoms with E-state index in [9.17, 15) is 26.7 Å². The molecule has 0 spiro atoms. The first kappa shape index (κ1) is 14.6. The third kappa shape index (κ3) is 2.37. The quantitative estimate of drug-likeness (QED) is 0.348. The highest BCUT2D eigenvalue weighted by atomic mass is 19.2. The fourth-order valence-electron chi connectivity index (χ4n) is 1.63. The Bertz CT molecular complexity index is 455. The number of carbonyl (C=O) groups excluding carboxylic acids is 1. The second-order valence-electron chi connectivity index (χ2n) is 4.00. The van der Waals surface area contributed by atoms with Crippen LogP contribution in [0.1, 0.15) is 37.0 Å². The molecule has 1 aromatic rings. The van der Waals surface area contributed by atoms with Crippen molar-refractivity contribution in [2.45, 2.75) is 26.7 Å². The maximum absolute atomic E-state index is 13.3. The molecule has 0 N–H and O–H groups in total. The Labute approximate surface area is 101 Å². The van der Waals surface area contributed by atoms with Gasteiger partial charge in [0, 0.05) is 5.92 Å². The summed E-state index contributed by atoms with van der Waals surface area (Å²) in [5.74, 6) is -12.5. The number of rotatable bonds is 4. The van der Waals surface area contributed by atoms with E-state index in [2.05, 4.69) is 0 Å². The summed E-state index contributed by atoms with van der Waals surface area (Å²) in [4.78, 5) is 11.7. The standard InChI is InChI=1S/C12H11F5O/c1-3-4-5(2)12(18)6-7(13)9(15)11(17)10(16)8(6)14/h5H,3-4H2,1-2H3. The van der Waals surface area contributed by atoms with Gasteiger partial charge in [-0.2, -0.15) is 0 Å². The van der Waals surface area contributed by atoms with Gasteiger partial charge in [-0.1, -0.05) is 20.3 Å². The predicted molar refractivity (Wildman–Crippen MR) is 54.6 cm³/mol. The summed E-state index contributed by atoms with van der Waals surface area (Å²) in [6.45, 7) is 3.12. The summed E-state index contributed by atoms with van der Waals surface area (Å²) >= 11 is 0. The average Bonchev–Trinajstić information content (AvgIpc) is 2.34. The fraction of sp³-hybridized carbons (Fsp3) is 0.417. The molecule has 0 heterocycles. The lowest BCUT2D eigenvalue weighted by Crippen LogP contribution is -2.18. The van der Waals surface area contributed by atoms with Crippen LogP contribution >= 0.6 is 0 Å². The highest BCUT2D eigenvalue weighted by molar-refractivity contribution is 5.98. The van der Waals surface area contributed by atoms with Gasteiger partial charge in [-0.15, -0.1) is 0 Å². The Hall–Kier alpha value is -1.46. The van der Waals surface area contributed by atoms with Crippen LogP contribution in [0.5, 0.6) is 0 Å². The smallest absolute Gasteiger partial charge is 0.200 e. The Morgan fingerprint density at radius 2 is 1.33 bits per heavy atom. The lowest BCUT2D eigenvalue weighted by molar-refractivity contribution is 0.0911.